The number of likely N-dealkylation sites (N-methyl/N-ethyl adjacent to an activating group) is 2. The number of hydrogen-bond donors (Lipinski definition) is 1. The Hall–Kier alpha value is -1.10. The van der Waals surface area contributed by atoms with Gasteiger partial charge in [-0.25, -0.2) is 0 Å². The van der Waals surface area contributed by atoms with Gasteiger partial charge in [0.25, 0.3) is 0 Å². The summed E-state index contributed by atoms with van der Waals surface area (Å²) in [6, 6.07) is 0.365. The van der Waals surface area contributed by atoms with Gasteiger partial charge in [-0.05, 0) is 32.9 Å². The van der Waals surface area contributed by atoms with E-state index in [1.54, 1.807) is 11.9 Å². The summed E-state index contributed by atoms with van der Waals surface area (Å²) in [5.74, 6) is 0.104. The van der Waals surface area contributed by atoms with E-state index in [0.29, 0.717) is 12.5 Å². The average Bonchev–Trinajstić information content (AvgIpc) is 2.47. The van der Waals surface area contributed by atoms with Crippen molar-refractivity contribution >= 4 is 11.8 Å². The fourth-order valence-electron chi connectivity index (χ4n) is 2.68. The van der Waals surface area contributed by atoms with Gasteiger partial charge in [0.1, 0.15) is 0 Å². The molecule has 1 fully saturated rings. The van der Waals surface area contributed by atoms with Crippen molar-refractivity contribution in [2.24, 2.45) is 0 Å². The normalized spacial score (nSPS) is 15.9. The van der Waals surface area contributed by atoms with Gasteiger partial charge in [0.15, 0.2) is 0 Å². The van der Waals surface area contributed by atoms with Crippen molar-refractivity contribution in [1.82, 2.24) is 15.1 Å². The molecule has 0 aromatic rings. The van der Waals surface area contributed by atoms with Crippen LogP contribution in [0.15, 0.2) is 0 Å². The van der Waals surface area contributed by atoms with Crippen molar-refractivity contribution in [3.8, 4) is 0 Å². The van der Waals surface area contributed by atoms with Crippen molar-refractivity contribution < 1.29 is 9.59 Å². The van der Waals surface area contributed by atoms with Crippen LogP contribution in [0.25, 0.3) is 0 Å². The SMILES string of the molecule is CNCCCC(=O)N(C)CC(=O)N(C)C1CCCCC1. The zero-order valence-corrected chi connectivity index (χ0v) is 13.2. The molecule has 2 amide bonds. The summed E-state index contributed by atoms with van der Waals surface area (Å²) in [7, 11) is 5.46. The lowest BCUT2D eigenvalue weighted by atomic mass is 9.94. The van der Waals surface area contributed by atoms with Crippen LogP contribution in [-0.2, 0) is 9.59 Å². The molecule has 0 bridgehead atoms. The molecule has 1 aliphatic rings. The van der Waals surface area contributed by atoms with Gasteiger partial charge in [0.05, 0.1) is 6.54 Å². The molecule has 1 rings (SSSR count). The second-order valence-corrected chi connectivity index (χ2v) is 5.75. The summed E-state index contributed by atoms with van der Waals surface area (Å²) in [6.07, 6.45) is 7.21. The fourth-order valence-corrected chi connectivity index (χ4v) is 2.68. The predicted molar refractivity (Wildman–Crippen MR) is 80.4 cm³/mol. The van der Waals surface area contributed by atoms with Crippen LogP contribution in [0, 0.1) is 0 Å². The third-order valence-electron chi connectivity index (χ3n) is 4.13. The molecule has 0 unspecified atom stereocenters. The van der Waals surface area contributed by atoms with Crippen LogP contribution >= 0.6 is 0 Å². The Morgan fingerprint density at radius 3 is 2.35 bits per heavy atom. The van der Waals surface area contributed by atoms with Gasteiger partial charge in [0.2, 0.25) is 11.8 Å². The maximum Gasteiger partial charge on any atom is 0.242 e. The standard InChI is InChI=1S/C15H29N3O2/c1-16-11-7-10-14(19)17(2)12-15(20)18(3)13-8-5-4-6-9-13/h13,16H,4-12H2,1-3H3. The quantitative estimate of drug-likeness (QED) is 0.715. The molecule has 1 aliphatic carbocycles. The lowest BCUT2D eigenvalue weighted by Crippen LogP contribution is -2.44. The van der Waals surface area contributed by atoms with Gasteiger partial charge in [0, 0.05) is 26.6 Å². The van der Waals surface area contributed by atoms with Crippen molar-refractivity contribution in [2.75, 3.05) is 34.2 Å². The molecule has 1 saturated carbocycles. The summed E-state index contributed by atoms with van der Waals surface area (Å²) in [5.41, 5.74) is 0. The molecule has 5 heteroatoms. The molecule has 0 aromatic carbocycles. The molecular weight excluding hydrogens is 254 g/mol. The van der Waals surface area contributed by atoms with E-state index in [0.717, 1.165) is 25.8 Å². The third kappa shape index (κ3) is 5.49. The molecule has 0 saturated heterocycles. The summed E-state index contributed by atoms with van der Waals surface area (Å²) < 4.78 is 0. The molecule has 0 radical (unpaired) electrons. The smallest absolute Gasteiger partial charge is 0.242 e. The van der Waals surface area contributed by atoms with Gasteiger partial charge >= 0.3 is 0 Å². The summed E-state index contributed by atoms with van der Waals surface area (Å²) in [6.45, 7) is 1.03. The van der Waals surface area contributed by atoms with Crippen molar-refractivity contribution in [3.05, 3.63) is 0 Å². The molecule has 0 spiro atoms. The Balaban J connectivity index is 2.33. The second-order valence-electron chi connectivity index (χ2n) is 5.75. The summed E-state index contributed by atoms with van der Waals surface area (Å²) in [4.78, 5) is 27.5. The Morgan fingerprint density at radius 1 is 1.10 bits per heavy atom. The van der Waals surface area contributed by atoms with E-state index in [1.165, 1.54) is 19.3 Å². The molecule has 0 heterocycles. The highest BCUT2D eigenvalue weighted by molar-refractivity contribution is 5.84. The number of carbonyl (C=O) groups excluding carboxylic acids is 2. The lowest BCUT2D eigenvalue weighted by Gasteiger charge is -2.32. The van der Waals surface area contributed by atoms with E-state index >= 15 is 0 Å². The van der Waals surface area contributed by atoms with Crippen LogP contribution in [0.5, 0.6) is 0 Å². The minimum atomic E-state index is 0.0469. The van der Waals surface area contributed by atoms with Gasteiger partial charge in [-0.15, -0.1) is 0 Å². The number of nitrogens with zero attached hydrogens (tertiary/aromatic N) is 2. The van der Waals surface area contributed by atoms with Crippen LogP contribution in [0.3, 0.4) is 0 Å². The van der Waals surface area contributed by atoms with Crippen molar-refractivity contribution in [2.45, 2.75) is 51.0 Å². The Labute approximate surface area is 122 Å². The van der Waals surface area contributed by atoms with E-state index < -0.39 is 0 Å². The first kappa shape index (κ1) is 17.0. The monoisotopic (exact) mass is 283 g/mol. The van der Waals surface area contributed by atoms with Crippen LogP contribution in [-0.4, -0.2) is 61.9 Å². The highest BCUT2D eigenvalue weighted by Crippen LogP contribution is 2.21. The third-order valence-corrected chi connectivity index (χ3v) is 4.13. The Kier molecular flexibility index (Phi) is 7.59. The number of rotatable bonds is 7. The number of hydrogen-bond acceptors (Lipinski definition) is 3. The van der Waals surface area contributed by atoms with Gasteiger partial charge in [-0.2, -0.15) is 0 Å². The zero-order chi connectivity index (χ0) is 15.0. The van der Waals surface area contributed by atoms with Crippen LogP contribution in [0.4, 0.5) is 0 Å². The topological polar surface area (TPSA) is 52.7 Å². The van der Waals surface area contributed by atoms with Gasteiger partial charge in [-0.1, -0.05) is 19.3 Å². The van der Waals surface area contributed by atoms with Crippen LogP contribution in [0.1, 0.15) is 44.9 Å². The molecular formula is C15H29N3O2. The van der Waals surface area contributed by atoms with Crippen molar-refractivity contribution in [3.63, 3.8) is 0 Å². The lowest BCUT2D eigenvalue weighted by molar-refractivity contribution is -0.140. The molecule has 116 valence electrons. The first-order chi connectivity index (χ1) is 9.56. The minimum Gasteiger partial charge on any atom is -0.341 e. The Bertz CT molecular complexity index is 314. The summed E-state index contributed by atoms with van der Waals surface area (Å²) >= 11 is 0. The minimum absolute atomic E-state index is 0.0469. The number of carbonyl (C=O) groups is 2. The summed E-state index contributed by atoms with van der Waals surface area (Å²) in [5, 5.41) is 3.02. The van der Waals surface area contributed by atoms with Gasteiger partial charge in [-0.3, -0.25) is 9.59 Å². The van der Waals surface area contributed by atoms with Gasteiger partial charge < -0.3 is 15.1 Å². The average molecular weight is 283 g/mol. The van der Waals surface area contributed by atoms with Crippen LogP contribution in [0.2, 0.25) is 0 Å². The number of amides is 2. The number of nitrogens with one attached hydrogen (secondary N) is 1. The highest BCUT2D eigenvalue weighted by atomic mass is 16.2. The largest absolute Gasteiger partial charge is 0.341 e. The molecule has 20 heavy (non-hydrogen) atoms. The zero-order valence-electron chi connectivity index (χ0n) is 13.2. The molecule has 0 aromatic heterocycles. The second kappa shape index (κ2) is 8.95. The van der Waals surface area contributed by atoms with E-state index in [2.05, 4.69) is 5.32 Å². The van der Waals surface area contributed by atoms with E-state index in [9.17, 15) is 9.59 Å². The first-order valence-electron chi connectivity index (χ1n) is 7.70. The van der Waals surface area contributed by atoms with E-state index in [1.807, 2.05) is 19.0 Å². The highest BCUT2D eigenvalue weighted by Gasteiger charge is 2.23. The Morgan fingerprint density at radius 2 is 1.75 bits per heavy atom. The van der Waals surface area contributed by atoms with Crippen LogP contribution < -0.4 is 5.32 Å². The molecule has 0 atom stereocenters. The maximum atomic E-state index is 12.2. The molecule has 1 N–H and O–H groups in total. The van der Waals surface area contributed by atoms with E-state index in [4.69, 9.17) is 0 Å². The molecule has 5 nitrogen and oxygen atoms in total. The predicted octanol–water partition coefficient (Wildman–Crippen LogP) is 1.24. The fraction of sp³-hybridized carbons (Fsp3) is 0.867. The van der Waals surface area contributed by atoms with E-state index in [-0.39, 0.29) is 18.4 Å². The van der Waals surface area contributed by atoms with Crippen molar-refractivity contribution in [1.29, 1.82) is 0 Å². The first-order valence-corrected chi connectivity index (χ1v) is 7.70. The maximum absolute atomic E-state index is 12.2. The molecule has 0 aliphatic heterocycles.